The number of nitrogen functional groups attached to an aromatic ring is 1. The van der Waals surface area contributed by atoms with E-state index >= 15 is 0 Å². The van der Waals surface area contributed by atoms with Gasteiger partial charge in [-0.15, -0.1) is 0 Å². The maximum absolute atomic E-state index is 5.97. The fourth-order valence-corrected chi connectivity index (χ4v) is 3.01. The van der Waals surface area contributed by atoms with Crippen molar-refractivity contribution >= 4 is 5.82 Å². The maximum Gasteiger partial charge on any atom is 0.161 e. The molecule has 4 nitrogen and oxygen atoms in total. The van der Waals surface area contributed by atoms with Crippen LogP contribution < -0.4 is 5.73 Å². The van der Waals surface area contributed by atoms with Crippen LogP contribution in [0.3, 0.4) is 0 Å². The molecule has 20 heavy (non-hydrogen) atoms. The van der Waals surface area contributed by atoms with E-state index < -0.39 is 0 Å². The largest absolute Gasteiger partial charge is 0.384 e. The van der Waals surface area contributed by atoms with Crippen LogP contribution in [0, 0.1) is 13.8 Å². The Bertz CT molecular complexity index is 610. The van der Waals surface area contributed by atoms with Crippen molar-refractivity contribution in [1.82, 2.24) is 15.0 Å². The fourth-order valence-electron chi connectivity index (χ4n) is 3.01. The Hall–Kier alpha value is -1.97. The Kier molecular flexibility index (Phi) is 3.38. The SMILES string of the molecule is Cc1cc(-c2nc(N)cc(C3CCCC3)n2)cc(C)n1. The summed E-state index contributed by atoms with van der Waals surface area (Å²) in [4.78, 5) is 13.5. The number of hydrogen-bond donors (Lipinski definition) is 1. The van der Waals surface area contributed by atoms with Gasteiger partial charge in [0.2, 0.25) is 0 Å². The number of hydrogen-bond acceptors (Lipinski definition) is 4. The van der Waals surface area contributed by atoms with Crippen LogP contribution in [0.15, 0.2) is 18.2 Å². The quantitative estimate of drug-likeness (QED) is 0.906. The van der Waals surface area contributed by atoms with Crippen LogP contribution in [-0.4, -0.2) is 15.0 Å². The average Bonchev–Trinajstić information content (AvgIpc) is 2.90. The van der Waals surface area contributed by atoms with Crippen molar-refractivity contribution in [2.24, 2.45) is 0 Å². The molecule has 0 unspecified atom stereocenters. The second-order valence-electron chi connectivity index (χ2n) is 5.66. The molecular formula is C16H20N4. The zero-order valence-electron chi connectivity index (χ0n) is 12.1. The van der Waals surface area contributed by atoms with Gasteiger partial charge in [0, 0.05) is 34.6 Å². The number of pyridine rings is 1. The molecule has 0 amide bonds. The Labute approximate surface area is 119 Å². The minimum Gasteiger partial charge on any atom is -0.384 e. The van der Waals surface area contributed by atoms with Gasteiger partial charge >= 0.3 is 0 Å². The van der Waals surface area contributed by atoms with Gasteiger partial charge in [0.15, 0.2) is 5.82 Å². The predicted molar refractivity (Wildman–Crippen MR) is 80.4 cm³/mol. The summed E-state index contributed by atoms with van der Waals surface area (Å²) in [5.74, 6) is 1.83. The number of nitrogens with zero attached hydrogens (tertiary/aromatic N) is 3. The van der Waals surface area contributed by atoms with Crippen molar-refractivity contribution < 1.29 is 0 Å². The van der Waals surface area contributed by atoms with E-state index in [2.05, 4.69) is 9.97 Å². The molecular weight excluding hydrogens is 248 g/mol. The highest BCUT2D eigenvalue weighted by Crippen LogP contribution is 2.34. The molecule has 4 heteroatoms. The second-order valence-corrected chi connectivity index (χ2v) is 5.66. The monoisotopic (exact) mass is 268 g/mol. The van der Waals surface area contributed by atoms with E-state index in [-0.39, 0.29) is 0 Å². The molecule has 2 aromatic rings. The highest BCUT2D eigenvalue weighted by Gasteiger charge is 2.20. The summed E-state index contributed by atoms with van der Waals surface area (Å²) in [5.41, 5.74) is 10.0. The lowest BCUT2D eigenvalue weighted by molar-refractivity contribution is 0.696. The third kappa shape index (κ3) is 2.64. The molecule has 104 valence electrons. The van der Waals surface area contributed by atoms with Crippen molar-refractivity contribution in [2.75, 3.05) is 5.73 Å². The maximum atomic E-state index is 5.97. The van der Waals surface area contributed by atoms with Crippen LogP contribution in [0.2, 0.25) is 0 Å². The molecule has 0 bridgehead atoms. The van der Waals surface area contributed by atoms with Crippen molar-refractivity contribution in [2.45, 2.75) is 45.4 Å². The minimum absolute atomic E-state index is 0.545. The van der Waals surface area contributed by atoms with Gasteiger partial charge in [-0.05, 0) is 38.8 Å². The Morgan fingerprint density at radius 1 is 0.950 bits per heavy atom. The van der Waals surface area contributed by atoms with E-state index in [0.29, 0.717) is 11.7 Å². The lowest BCUT2D eigenvalue weighted by Gasteiger charge is -2.11. The molecule has 0 atom stereocenters. The van der Waals surface area contributed by atoms with Crippen molar-refractivity contribution in [3.05, 3.63) is 35.3 Å². The molecule has 0 aromatic carbocycles. The molecule has 0 aliphatic heterocycles. The van der Waals surface area contributed by atoms with Crippen molar-refractivity contribution in [3.8, 4) is 11.4 Å². The van der Waals surface area contributed by atoms with E-state index in [0.717, 1.165) is 28.5 Å². The number of nitrogens with two attached hydrogens (primary N) is 1. The minimum atomic E-state index is 0.545. The van der Waals surface area contributed by atoms with Crippen molar-refractivity contribution in [3.63, 3.8) is 0 Å². The molecule has 2 aromatic heterocycles. The van der Waals surface area contributed by atoms with E-state index in [1.807, 2.05) is 32.0 Å². The Balaban J connectivity index is 2.04. The van der Waals surface area contributed by atoms with E-state index in [1.165, 1.54) is 25.7 Å². The average molecular weight is 268 g/mol. The van der Waals surface area contributed by atoms with Crippen molar-refractivity contribution in [1.29, 1.82) is 0 Å². The summed E-state index contributed by atoms with van der Waals surface area (Å²) < 4.78 is 0. The molecule has 1 aliphatic rings. The fraction of sp³-hybridized carbons (Fsp3) is 0.438. The normalized spacial score (nSPS) is 15.7. The molecule has 1 saturated carbocycles. The first-order valence-corrected chi connectivity index (χ1v) is 7.22. The number of aryl methyl sites for hydroxylation is 2. The van der Waals surface area contributed by atoms with Gasteiger partial charge in [-0.3, -0.25) is 4.98 Å². The molecule has 0 saturated heterocycles. The molecule has 3 rings (SSSR count). The van der Waals surface area contributed by atoms with Gasteiger partial charge in [-0.25, -0.2) is 9.97 Å². The van der Waals surface area contributed by atoms with Gasteiger partial charge < -0.3 is 5.73 Å². The summed E-state index contributed by atoms with van der Waals surface area (Å²) in [7, 11) is 0. The van der Waals surface area contributed by atoms with Crippen LogP contribution in [0.25, 0.3) is 11.4 Å². The first-order chi connectivity index (χ1) is 9.61. The molecule has 1 aliphatic carbocycles. The van der Waals surface area contributed by atoms with E-state index in [9.17, 15) is 0 Å². The smallest absolute Gasteiger partial charge is 0.161 e. The lowest BCUT2D eigenvalue weighted by atomic mass is 10.0. The van der Waals surface area contributed by atoms with Gasteiger partial charge in [0.1, 0.15) is 5.82 Å². The molecule has 2 heterocycles. The van der Waals surface area contributed by atoms with Crippen LogP contribution >= 0.6 is 0 Å². The first kappa shape index (κ1) is 13.0. The zero-order chi connectivity index (χ0) is 14.1. The zero-order valence-corrected chi connectivity index (χ0v) is 12.1. The highest BCUT2D eigenvalue weighted by molar-refractivity contribution is 5.58. The predicted octanol–water partition coefficient (Wildman–Crippen LogP) is 3.40. The summed E-state index contributed by atoms with van der Waals surface area (Å²) in [5, 5.41) is 0. The van der Waals surface area contributed by atoms with Gasteiger partial charge in [0.05, 0.1) is 0 Å². The third-order valence-corrected chi connectivity index (χ3v) is 3.88. The van der Waals surface area contributed by atoms with Crippen LogP contribution in [0.5, 0.6) is 0 Å². The van der Waals surface area contributed by atoms with Crippen LogP contribution in [0.1, 0.15) is 48.7 Å². The summed E-state index contributed by atoms with van der Waals surface area (Å²) >= 11 is 0. The number of rotatable bonds is 2. The van der Waals surface area contributed by atoms with E-state index in [1.54, 1.807) is 0 Å². The van der Waals surface area contributed by atoms with Crippen LogP contribution in [0.4, 0.5) is 5.82 Å². The van der Waals surface area contributed by atoms with Gasteiger partial charge in [-0.2, -0.15) is 0 Å². The Morgan fingerprint density at radius 3 is 2.25 bits per heavy atom. The summed E-state index contributed by atoms with van der Waals surface area (Å²) in [6.45, 7) is 3.97. The first-order valence-electron chi connectivity index (χ1n) is 7.22. The number of anilines is 1. The van der Waals surface area contributed by atoms with Gasteiger partial charge in [0.25, 0.3) is 0 Å². The molecule has 0 radical (unpaired) electrons. The third-order valence-electron chi connectivity index (χ3n) is 3.88. The topological polar surface area (TPSA) is 64.7 Å². The summed E-state index contributed by atoms with van der Waals surface area (Å²) in [6, 6.07) is 5.96. The molecule has 1 fully saturated rings. The summed E-state index contributed by atoms with van der Waals surface area (Å²) in [6.07, 6.45) is 5.00. The molecule has 2 N–H and O–H groups in total. The van der Waals surface area contributed by atoms with Gasteiger partial charge in [-0.1, -0.05) is 12.8 Å². The standard InChI is InChI=1S/C16H20N4/c1-10-7-13(8-11(2)18-10)16-19-14(9-15(17)20-16)12-5-3-4-6-12/h7-9,12H,3-6H2,1-2H3,(H2,17,19,20). The second kappa shape index (κ2) is 5.19. The molecule has 0 spiro atoms. The lowest BCUT2D eigenvalue weighted by Crippen LogP contribution is -2.04. The van der Waals surface area contributed by atoms with Crippen LogP contribution in [-0.2, 0) is 0 Å². The Morgan fingerprint density at radius 2 is 1.60 bits per heavy atom. The highest BCUT2D eigenvalue weighted by atomic mass is 14.9. The number of aromatic nitrogens is 3. The van der Waals surface area contributed by atoms with E-state index in [4.69, 9.17) is 10.7 Å².